The first-order valence-electron chi connectivity index (χ1n) is 7.23. The Balaban J connectivity index is 1.92. The van der Waals surface area contributed by atoms with E-state index in [4.69, 9.17) is 4.74 Å². The Morgan fingerprint density at radius 2 is 2.05 bits per heavy atom. The monoisotopic (exact) mass is 287 g/mol. The van der Waals surface area contributed by atoms with Crippen molar-refractivity contribution in [2.75, 3.05) is 6.61 Å². The highest BCUT2D eigenvalue weighted by molar-refractivity contribution is 5.80. The van der Waals surface area contributed by atoms with Gasteiger partial charge in [0.15, 0.2) is 0 Å². The fraction of sp³-hybridized carbons (Fsp3) is 0.412. The molecule has 0 aliphatic heterocycles. The van der Waals surface area contributed by atoms with Gasteiger partial charge in [0.1, 0.15) is 0 Å². The summed E-state index contributed by atoms with van der Waals surface area (Å²) in [5.74, 6) is -0.493. The number of allylic oxidation sites excluding steroid dienone is 1. The zero-order valence-corrected chi connectivity index (χ0v) is 12.4. The lowest BCUT2D eigenvalue weighted by molar-refractivity contribution is -0.143. The van der Waals surface area contributed by atoms with Gasteiger partial charge in [-0.3, -0.25) is 9.59 Å². The topological polar surface area (TPSA) is 55.4 Å². The molecule has 0 saturated carbocycles. The van der Waals surface area contributed by atoms with Gasteiger partial charge < -0.3 is 10.1 Å². The van der Waals surface area contributed by atoms with Crippen LogP contribution in [0, 0.1) is 11.8 Å². The van der Waals surface area contributed by atoms with E-state index < -0.39 is 0 Å². The molecule has 1 amide bonds. The fourth-order valence-corrected chi connectivity index (χ4v) is 2.54. The van der Waals surface area contributed by atoms with Crippen LogP contribution < -0.4 is 5.32 Å². The molecule has 4 heteroatoms. The highest BCUT2D eigenvalue weighted by Gasteiger charge is 2.30. The van der Waals surface area contributed by atoms with Crippen LogP contribution in [0.25, 0.3) is 0 Å². The summed E-state index contributed by atoms with van der Waals surface area (Å²) in [6.45, 7) is 3.62. The first-order chi connectivity index (χ1) is 10.1. The molecule has 1 aromatic rings. The average molecular weight is 287 g/mol. The summed E-state index contributed by atoms with van der Waals surface area (Å²) in [6.07, 6.45) is 4.63. The van der Waals surface area contributed by atoms with Crippen LogP contribution in [0.4, 0.5) is 0 Å². The number of nitrogens with one attached hydrogen (secondary N) is 1. The van der Waals surface area contributed by atoms with Crippen LogP contribution in [0.5, 0.6) is 0 Å². The van der Waals surface area contributed by atoms with E-state index in [1.165, 1.54) is 6.92 Å². The molecule has 3 atom stereocenters. The second-order valence-electron chi connectivity index (χ2n) is 5.38. The number of benzene rings is 1. The third-order valence-corrected chi connectivity index (χ3v) is 3.76. The molecule has 0 saturated heterocycles. The van der Waals surface area contributed by atoms with Crippen molar-refractivity contribution in [2.45, 2.75) is 26.3 Å². The SMILES string of the molecule is CC(=O)OC[C@@H]1C=CC[C@@H]1C(=O)N[C@H](C)c1ccccc1. The molecular formula is C17H21NO3. The minimum Gasteiger partial charge on any atom is -0.465 e. The van der Waals surface area contributed by atoms with E-state index in [2.05, 4.69) is 5.32 Å². The second-order valence-corrected chi connectivity index (χ2v) is 5.38. The number of rotatable bonds is 5. The van der Waals surface area contributed by atoms with Crippen molar-refractivity contribution in [2.24, 2.45) is 11.8 Å². The molecule has 2 rings (SSSR count). The van der Waals surface area contributed by atoms with Crippen molar-refractivity contribution in [3.8, 4) is 0 Å². The Labute approximate surface area is 125 Å². The molecule has 1 aliphatic carbocycles. The number of carbonyl (C=O) groups excluding carboxylic acids is 2. The smallest absolute Gasteiger partial charge is 0.302 e. The molecule has 112 valence electrons. The normalized spacial score (nSPS) is 21.8. The summed E-state index contributed by atoms with van der Waals surface area (Å²) in [4.78, 5) is 23.3. The summed E-state index contributed by atoms with van der Waals surface area (Å²) in [6, 6.07) is 9.82. The van der Waals surface area contributed by atoms with E-state index in [9.17, 15) is 9.59 Å². The van der Waals surface area contributed by atoms with E-state index in [0.29, 0.717) is 6.42 Å². The zero-order chi connectivity index (χ0) is 15.2. The summed E-state index contributed by atoms with van der Waals surface area (Å²) in [7, 11) is 0. The van der Waals surface area contributed by atoms with Gasteiger partial charge in [-0.15, -0.1) is 0 Å². The summed E-state index contributed by atoms with van der Waals surface area (Å²) < 4.78 is 5.03. The maximum Gasteiger partial charge on any atom is 0.302 e. The molecule has 1 N–H and O–H groups in total. The Kier molecular flexibility index (Phi) is 5.14. The molecule has 0 fully saturated rings. The largest absolute Gasteiger partial charge is 0.465 e. The van der Waals surface area contributed by atoms with Crippen LogP contribution in [0.15, 0.2) is 42.5 Å². The number of carbonyl (C=O) groups is 2. The maximum atomic E-state index is 12.4. The maximum absolute atomic E-state index is 12.4. The van der Waals surface area contributed by atoms with Gasteiger partial charge in [0, 0.05) is 12.8 Å². The summed E-state index contributed by atoms with van der Waals surface area (Å²) >= 11 is 0. The van der Waals surface area contributed by atoms with Gasteiger partial charge in [-0.2, -0.15) is 0 Å². The van der Waals surface area contributed by atoms with Gasteiger partial charge in [0.2, 0.25) is 5.91 Å². The molecule has 0 aromatic heterocycles. The second kappa shape index (κ2) is 7.07. The quantitative estimate of drug-likeness (QED) is 0.669. The number of esters is 1. The third kappa shape index (κ3) is 4.18. The molecule has 21 heavy (non-hydrogen) atoms. The van der Waals surface area contributed by atoms with Crippen LogP contribution in [-0.2, 0) is 14.3 Å². The van der Waals surface area contributed by atoms with Crippen molar-refractivity contribution in [3.63, 3.8) is 0 Å². The molecule has 0 unspecified atom stereocenters. The Morgan fingerprint density at radius 3 is 2.71 bits per heavy atom. The molecule has 0 heterocycles. The van der Waals surface area contributed by atoms with E-state index in [0.717, 1.165) is 5.56 Å². The van der Waals surface area contributed by atoms with Gasteiger partial charge in [0.25, 0.3) is 0 Å². The first kappa shape index (κ1) is 15.3. The summed E-state index contributed by atoms with van der Waals surface area (Å²) in [5.41, 5.74) is 1.08. The number of amides is 1. The Hall–Kier alpha value is -2.10. The Bertz CT molecular complexity index is 524. The van der Waals surface area contributed by atoms with Crippen molar-refractivity contribution >= 4 is 11.9 Å². The van der Waals surface area contributed by atoms with Gasteiger partial charge in [-0.25, -0.2) is 0 Å². The van der Waals surface area contributed by atoms with E-state index >= 15 is 0 Å². The van der Waals surface area contributed by atoms with Crippen LogP contribution in [0.3, 0.4) is 0 Å². The van der Waals surface area contributed by atoms with Gasteiger partial charge in [-0.05, 0) is 18.9 Å². The van der Waals surface area contributed by atoms with Crippen LogP contribution in [0.2, 0.25) is 0 Å². The lowest BCUT2D eigenvalue weighted by Gasteiger charge is -2.21. The zero-order valence-electron chi connectivity index (χ0n) is 12.4. The van der Waals surface area contributed by atoms with Gasteiger partial charge >= 0.3 is 5.97 Å². The Morgan fingerprint density at radius 1 is 1.33 bits per heavy atom. The summed E-state index contributed by atoms with van der Waals surface area (Å²) in [5, 5.41) is 3.04. The first-order valence-corrected chi connectivity index (χ1v) is 7.23. The lowest BCUT2D eigenvalue weighted by Crippen LogP contribution is -2.36. The minimum atomic E-state index is -0.313. The van der Waals surface area contributed by atoms with E-state index in [1.54, 1.807) is 0 Å². The molecular weight excluding hydrogens is 266 g/mol. The van der Waals surface area contributed by atoms with Crippen molar-refractivity contribution in [1.29, 1.82) is 0 Å². The predicted octanol–water partition coefficient (Wildman–Crippen LogP) is 2.62. The highest BCUT2D eigenvalue weighted by atomic mass is 16.5. The number of hydrogen-bond donors (Lipinski definition) is 1. The average Bonchev–Trinajstić information content (AvgIpc) is 2.94. The molecule has 4 nitrogen and oxygen atoms in total. The standard InChI is InChI=1S/C17H21NO3/c1-12(14-7-4-3-5-8-14)18-17(20)16-10-6-9-15(16)11-21-13(2)19/h3-9,12,15-16H,10-11H2,1-2H3,(H,18,20)/t12-,15+,16+/m1/s1. The van der Waals surface area contributed by atoms with Crippen molar-refractivity contribution in [3.05, 3.63) is 48.0 Å². The third-order valence-electron chi connectivity index (χ3n) is 3.76. The molecule has 0 radical (unpaired) electrons. The lowest BCUT2D eigenvalue weighted by atomic mass is 9.94. The van der Waals surface area contributed by atoms with Gasteiger partial charge in [0.05, 0.1) is 18.6 Å². The number of hydrogen-bond acceptors (Lipinski definition) is 3. The minimum absolute atomic E-state index is 0.00788. The molecule has 0 bridgehead atoms. The highest BCUT2D eigenvalue weighted by Crippen LogP contribution is 2.26. The fourth-order valence-electron chi connectivity index (χ4n) is 2.54. The molecule has 1 aromatic carbocycles. The van der Waals surface area contributed by atoms with Crippen molar-refractivity contribution < 1.29 is 14.3 Å². The van der Waals surface area contributed by atoms with Gasteiger partial charge in [-0.1, -0.05) is 42.5 Å². The molecule has 1 aliphatic rings. The van der Waals surface area contributed by atoms with Crippen molar-refractivity contribution in [1.82, 2.24) is 5.32 Å². The van der Waals surface area contributed by atoms with Crippen LogP contribution in [0.1, 0.15) is 31.9 Å². The van der Waals surface area contributed by atoms with Crippen LogP contribution in [-0.4, -0.2) is 18.5 Å². The van der Waals surface area contributed by atoms with E-state index in [1.807, 2.05) is 49.4 Å². The van der Waals surface area contributed by atoms with Crippen LogP contribution >= 0.6 is 0 Å². The predicted molar refractivity (Wildman–Crippen MR) is 80.4 cm³/mol. The number of ether oxygens (including phenoxy) is 1. The molecule has 0 spiro atoms. The van der Waals surface area contributed by atoms with E-state index in [-0.39, 0.29) is 36.4 Å².